The Bertz CT molecular complexity index is 892. The van der Waals surface area contributed by atoms with Crippen LogP contribution in [0.15, 0.2) is 59.0 Å². The molecule has 1 saturated carbocycles. The van der Waals surface area contributed by atoms with Crippen molar-refractivity contribution < 1.29 is 4.74 Å². The summed E-state index contributed by atoms with van der Waals surface area (Å²) in [6.07, 6.45) is 9.51. The highest BCUT2D eigenvalue weighted by Crippen LogP contribution is 2.44. The largest absolute Gasteiger partial charge is 0.379 e. The topological polar surface area (TPSA) is 63.0 Å². The van der Waals surface area contributed by atoms with E-state index in [9.17, 15) is 0 Å². The van der Waals surface area contributed by atoms with Crippen molar-refractivity contribution in [1.82, 2.24) is 14.9 Å². The number of ether oxygens (including phenoxy) is 1. The third-order valence-electron chi connectivity index (χ3n) is 6.54. The van der Waals surface area contributed by atoms with Crippen molar-refractivity contribution in [3.8, 4) is 0 Å². The van der Waals surface area contributed by atoms with Crippen LogP contribution < -0.4 is 0 Å². The number of pyridine rings is 2. The van der Waals surface area contributed by atoms with Gasteiger partial charge in [-0.25, -0.2) is 0 Å². The zero-order valence-electron chi connectivity index (χ0n) is 16.7. The smallest absolute Gasteiger partial charge is 0.110 e. The first-order valence-corrected chi connectivity index (χ1v) is 10.7. The van der Waals surface area contributed by atoms with Crippen LogP contribution in [-0.2, 0) is 4.74 Å². The second-order valence-corrected chi connectivity index (χ2v) is 8.04. The third-order valence-corrected chi connectivity index (χ3v) is 6.54. The van der Waals surface area contributed by atoms with E-state index >= 15 is 0 Å². The second-order valence-electron chi connectivity index (χ2n) is 8.04. The highest BCUT2D eigenvalue weighted by atomic mass is 16.5. The van der Waals surface area contributed by atoms with E-state index in [1.54, 1.807) is 0 Å². The van der Waals surface area contributed by atoms with Gasteiger partial charge in [-0.05, 0) is 37.1 Å². The van der Waals surface area contributed by atoms with Crippen LogP contribution in [0.5, 0.6) is 0 Å². The van der Waals surface area contributed by atoms with E-state index in [2.05, 4.69) is 27.0 Å². The molecule has 0 bridgehead atoms. The lowest BCUT2D eigenvalue weighted by atomic mass is 9.69. The normalized spacial score (nSPS) is 28.1. The molecule has 2 aliphatic heterocycles. The van der Waals surface area contributed by atoms with Gasteiger partial charge in [0.05, 0.1) is 35.9 Å². The summed E-state index contributed by atoms with van der Waals surface area (Å²) in [5.41, 5.74) is 3.73. The van der Waals surface area contributed by atoms with Gasteiger partial charge in [0, 0.05) is 31.4 Å². The van der Waals surface area contributed by atoms with E-state index < -0.39 is 0 Å². The van der Waals surface area contributed by atoms with Gasteiger partial charge in [-0.2, -0.15) is 10.2 Å². The lowest BCUT2D eigenvalue weighted by Gasteiger charge is -2.51. The van der Waals surface area contributed by atoms with E-state index in [4.69, 9.17) is 14.9 Å². The van der Waals surface area contributed by atoms with Crippen molar-refractivity contribution in [2.45, 2.75) is 37.6 Å². The van der Waals surface area contributed by atoms with Gasteiger partial charge >= 0.3 is 0 Å². The van der Waals surface area contributed by atoms with Gasteiger partial charge in [0.1, 0.15) is 5.71 Å². The van der Waals surface area contributed by atoms with Crippen LogP contribution >= 0.6 is 0 Å². The Balaban J connectivity index is 1.70. The number of aromatic nitrogens is 2. The standard InChI is InChI=1S/C23H27N5O/c1-2-8-18-21(19-9-3-6-12-24-19)26-27-22(20-10-4-7-13-25-20)23(18,11-5-1)28-14-16-29-17-15-28/h3-4,6-7,9-10,12-13,18H,1-2,5,8,11,14-17H2/t18-,23+/m1/s1. The average Bonchev–Trinajstić information content (AvgIpc) is 3.04. The monoisotopic (exact) mass is 389 g/mol. The van der Waals surface area contributed by atoms with Crippen LogP contribution in [0.1, 0.15) is 43.5 Å². The maximum Gasteiger partial charge on any atom is 0.110 e. The van der Waals surface area contributed by atoms with Gasteiger partial charge in [0.25, 0.3) is 0 Å². The summed E-state index contributed by atoms with van der Waals surface area (Å²) in [5.74, 6) is 0.257. The summed E-state index contributed by atoms with van der Waals surface area (Å²) in [6, 6.07) is 12.1. The van der Waals surface area contributed by atoms with Crippen LogP contribution in [0.25, 0.3) is 0 Å². The predicted molar refractivity (Wildman–Crippen MR) is 113 cm³/mol. The molecule has 2 aromatic heterocycles. The van der Waals surface area contributed by atoms with Crippen LogP contribution in [0, 0.1) is 5.92 Å². The zero-order valence-corrected chi connectivity index (χ0v) is 16.7. The first kappa shape index (κ1) is 18.6. The highest BCUT2D eigenvalue weighted by molar-refractivity contribution is 6.14. The molecule has 6 heteroatoms. The minimum Gasteiger partial charge on any atom is -0.379 e. The maximum absolute atomic E-state index is 5.71. The molecule has 6 nitrogen and oxygen atoms in total. The Morgan fingerprint density at radius 1 is 0.862 bits per heavy atom. The number of rotatable bonds is 3. The minimum atomic E-state index is -0.205. The van der Waals surface area contributed by atoms with Crippen molar-refractivity contribution in [2.24, 2.45) is 16.1 Å². The van der Waals surface area contributed by atoms with E-state index in [-0.39, 0.29) is 11.5 Å². The third kappa shape index (κ3) is 3.30. The van der Waals surface area contributed by atoms with E-state index in [0.717, 1.165) is 62.0 Å². The fourth-order valence-corrected chi connectivity index (χ4v) is 5.25. The van der Waals surface area contributed by atoms with Crippen LogP contribution in [0.2, 0.25) is 0 Å². The Kier molecular flexibility index (Phi) is 5.21. The quantitative estimate of drug-likeness (QED) is 0.808. The van der Waals surface area contributed by atoms with Gasteiger partial charge in [-0.1, -0.05) is 31.4 Å². The number of hydrogen-bond acceptors (Lipinski definition) is 6. The Hall–Kier alpha value is -2.44. The number of hydrogen-bond donors (Lipinski definition) is 0. The first-order valence-electron chi connectivity index (χ1n) is 10.7. The van der Waals surface area contributed by atoms with Gasteiger partial charge in [0.2, 0.25) is 0 Å². The molecule has 1 saturated heterocycles. The Morgan fingerprint density at radius 2 is 1.62 bits per heavy atom. The highest BCUT2D eigenvalue weighted by Gasteiger charge is 2.53. The molecule has 4 heterocycles. The van der Waals surface area contributed by atoms with E-state index in [0.29, 0.717) is 0 Å². The molecule has 150 valence electrons. The van der Waals surface area contributed by atoms with Gasteiger partial charge < -0.3 is 4.74 Å². The fourth-order valence-electron chi connectivity index (χ4n) is 5.25. The molecule has 0 radical (unpaired) electrons. The molecular formula is C23H27N5O. The summed E-state index contributed by atoms with van der Waals surface area (Å²) in [4.78, 5) is 11.9. The summed E-state index contributed by atoms with van der Waals surface area (Å²) in [7, 11) is 0. The Labute approximate surface area is 171 Å². The molecule has 0 amide bonds. The lowest BCUT2D eigenvalue weighted by Crippen LogP contribution is -2.64. The zero-order chi connectivity index (χ0) is 19.5. The second kappa shape index (κ2) is 8.13. The number of morpholine rings is 1. The predicted octanol–water partition coefficient (Wildman–Crippen LogP) is 3.33. The van der Waals surface area contributed by atoms with Crippen molar-refractivity contribution in [1.29, 1.82) is 0 Å². The molecule has 0 unspecified atom stereocenters. The first-order chi connectivity index (χ1) is 14.4. The van der Waals surface area contributed by atoms with Gasteiger partial charge in [-0.3, -0.25) is 14.9 Å². The molecule has 2 atom stereocenters. The molecular weight excluding hydrogens is 362 g/mol. The fraction of sp³-hybridized carbons (Fsp3) is 0.478. The number of fused-ring (bicyclic) bond motifs is 1. The summed E-state index contributed by atoms with van der Waals surface area (Å²) in [5, 5.41) is 9.62. The molecule has 0 N–H and O–H groups in total. The molecule has 2 aromatic rings. The molecule has 2 fully saturated rings. The van der Waals surface area contributed by atoms with E-state index in [1.165, 1.54) is 19.3 Å². The lowest BCUT2D eigenvalue weighted by molar-refractivity contribution is -0.0124. The molecule has 1 aliphatic carbocycles. The van der Waals surface area contributed by atoms with Gasteiger partial charge in [-0.15, -0.1) is 0 Å². The summed E-state index contributed by atoms with van der Waals surface area (Å²) >= 11 is 0. The molecule has 0 aromatic carbocycles. The summed E-state index contributed by atoms with van der Waals surface area (Å²) in [6.45, 7) is 3.36. The molecule has 5 rings (SSSR count). The summed E-state index contributed by atoms with van der Waals surface area (Å²) < 4.78 is 5.71. The van der Waals surface area contributed by atoms with Crippen LogP contribution in [0.3, 0.4) is 0 Å². The number of nitrogens with zero attached hydrogens (tertiary/aromatic N) is 5. The SMILES string of the molecule is c1ccc(C2=NN=C(c3ccccn3)[C@]3(N4CCOCC4)CCCCC[C@H]23)nc1. The van der Waals surface area contributed by atoms with E-state index in [1.807, 2.05) is 36.7 Å². The van der Waals surface area contributed by atoms with Crippen molar-refractivity contribution in [2.75, 3.05) is 26.3 Å². The Morgan fingerprint density at radius 3 is 2.34 bits per heavy atom. The van der Waals surface area contributed by atoms with Crippen molar-refractivity contribution >= 4 is 11.4 Å². The van der Waals surface area contributed by atoms with Gasteiger partial charge in [0.15, 0.2) is 0 Å². The maximum atomic E-state index is 5.71. The van der Waals surface area contributed by atoms with Crippen molar-refractivity contribution in [3.63, 3.8) is 0 Å². The van der Waals surface area contributed by atoms with Crippen molar-refractivity contribution in [3.05, 3.63) is 60.2 Å². The van der Waals surface area contributed by atoms with Crippen LogP contribution in [0.4, 0.5) is 0 Å². The molecule has 3 aliphatic rings. The van der Waals surface area contributed by atoms with Crippen LogP contribution in [-0.4, -0.2) is 58.1 Å². The molecule has 29 heavy (non-hydrogen) atoms. The minimum absolute atomic E-state index is 0.205. The average molecular weight is 390 g/mol. The molecule has 0 spiro atoms.